The van der Waals surface area contributed by atoms with Gasteiger partial charge in [0.05, 0.1) is 19.6 Å². The topological polar surface area (TPSA) is 27.7 Å². The molecule has 0 aromatic rings. The molecule has 0 bridgehead atoms. The highest BCUT2D eigenvalue weighted by Gasteiger charge is 2.64. The van der Waals surface area contributed by atoms with Gasteiger partial charge in [-0.25, -0.2) is 0 Å². The third-order valence-corrected chi connectivity index (χ3v) is 9.28. The van der Waals surface area contributed by atoms with Crippen LogP contribution in [-0.2, 0) is 13.3 Å². The molecule has 4 nitrogen and oxygen atoms in total. The highest BCUT2D eigenvalue weighted by molar-refractivity contribution is 6.52. The minimum Gasteiger partial charge on any atom is -1.00 e. The van der Waals surface area contributed by atoms with Crippen LogP contribution in [-0.4, -0.2) is 52.6 Å². The largest absolute Gasteiger partial charge is 1.00 e. The molecule has 0 aromatic heterocycles. The molecule has 30 heavy (non-hydrogen) atoms. The molecule has 0 spiro atoms. The molecular weight excluding hydrogens is 414 g/mol. The summed E-state index contributed by atoms with van der Waals surface area (Å²) in [5.41, 5.74) is 0. The maximum Gasteiger partial charge on any atom is 0.784 e. The Morgan fingerprint density at radius 1 is 0.533 bits per heavy atom. The lowest BCUT2D eigenvalue weighted by molar-refractivity contribution is -0.861. The summed E-state index contributed by atoms with van der Waals surface area (Å²) in [5.74, 6) is 0. The van der Waals surface area contributed by atoms with Gasteiger partial charge >= 0.3 is 8.97 Å². The minimum atomic E-state index is -2.79. The molecule has 184 valence electrons. The summed E-state index contributed by atoms with van der Waals surface area (Å²) < 4.78 is 20.2. The quantitative estimate of drug-likeness (QED) is 0.211. The van der Waals surface area contributed by atoms with E-state index in [1.807, 2.05) is 0 Å². The Bertz CT molecular complexity index is 313. The van der Waals surface area contributed by atoms with Gasteiger partial charge in [-0.3, -0.25) is 0 Å². The summed E-state index contributed by atoms with van der Waals surface area (Å²) in [6.07, 6.45) is 15.8. The number of nitrogens with zero attached hydrogens (tertiary/aromatic N) is 1. The zero-order chi connectivity index (χ0) is 21.8. The van der Waals surface area contributed by atoms with Gasteiger partial charge in [0.2, 0.25) is 0 Å². The normalized spacial score (nSPS) is 13.4. The molecule has 1 aliphatic rings. The average molecular weight is 468 g/mol. The number of halogens is 1. The van der Waals surface area contributed by atoms with E-state index in [0.29, 0.717) is 19.8 Å². The zero-order valence-corrected chi connectivity index (χ0v) is 23.0. The maximum absolute atomic E-state index is 6.43. The van der Waals surface area contributed by atoms with Gasteiger partial charge in [-0.1, -0.05) is 59.3 Å². The van der Waals surface area contributed by atoms with E-state index in [1.165, 1.54) is 77.0 Å². The molecule has 1 fully saturated rings. The molecule has 1 rings (SSSR count). The Balaban J connectivity index is 0. The molecule has 0 saturated heterocycles. The van der Waals surface area contributed by atoms with Crippen LogP contribution in [0.4, 0.5) is 0 Å². The van der Waals surface area contributed by atoms with Crippen LogP contribution in [0.3, 0.4) is 0 Å². The van der Waals surface area contributed by atoms with Crippen LogP contribution in [0.15, 0.2) is 0 Å². The fraction of sp³-hybridized carbons (Fsp3) is 1.00. The van der Waals surface area contributed by atoms with Crippen molar-refractivity contribution in [2.75, 3.05) is 39.5 Å². The Labute approximate surface area is 196 Å². The first-order valence-electron chi connectivity index (χ1n) is 12.9. The lowest BCUT2D eigenvalue weighted by Gasteiger charge is -2.47. The summed E-state index contributed by atoms with van der Waals surface area (Å²) in [4.78, 5) is 0. The molecule has 0 N–H and O–H groups in total. The highest BCUT2D eigenvalue weighted by Crippen LogP contribution is 2.29. The standard InChI is InChI=1S/C21H48NO3Si.C3H6.ClH/c1-7-13-16-19-22(20-17-14-8-2,21-18-15-9-3)26(23-10-4,24-11-5)25-12-6;1-2-3-1;/h7-21H2,1-6H3;1-3H2;1H/q+1;;/p-1. The number of quaternary nitrogens is 1. The highest BCUT2D eigenvalue weighted by atomic mass is 35.5. The Hall–Kier alpha value is 0.347. The van der Waals surface area contributed by atoms with Crippen LogP contribution in [0.25, 0.3) is 0 Å². The van der Waals surface area contributed by atoms with Crippen LogP contribution < -0.4 is 12.4 Å². The van der Waals surface area contributed by atoms with Crippen molar-refractivity contribution in [2.45, 2.75) is 119 Å². The molecule has 0 amide bonds. The van der Waals surface area contributed by atoms with E-state index < -0.39 is 8.97 Å². The van der Waals surface area contributed by atoms with E-state index in [1.54, 1.807) is 0 Å². The van der Waals surface area contributed by atoms with Crippen molar-refractivity contribution >= 4 is 8.97 Å². The summed E-state index contributed by atoms with van der Waals surface area (Å²) in [6, 6.07) is 0. The molecule has 0 radical (unpaired) electrons. The van der Waals surface area contributed by atoms with Crippen LogP contribution >= 0.6 is 0 Å². The molecule has 0 aromatic carbocycles. The van der Waals surface area contributed by atoms with Gasteiger partial charge in [0.1, 0.15) is 0 Å². The third-order valence-electron chi connectivity index (χ3n) is 5.48. The zero-order valence-electron chi connectivity index (χ0n) is 21.3. The molecule has 0 atom stereocenters. The molecule has 1 saturated carbocycles. The number of unbranched alkanes of at least 4 members (excludes halogenated alkanes) is 6. The van der Waals surface area contributed by atoms with Crippen LogP contribution in [0.1, 0.15) is 119 Å². The second kappa shape index (κ2) is 21.2. The van der Waals surface area contributed by atoms with E-state index in [4.69, 9.17) is 13.3 Å². The maximum atomic E-state index is 6.43. The van der Waals surface area contributed by atoms with E-state index >= 15 is 0 Å². The summed E-state index contributed by atoms with van der Waals surface area (Å²) in [6.45, 7) is 18.5. The van der Waals surface area contributed by atoms with Crippen molar-refractivity contribution in [1.29, 1.82) is 0 Å². The van der Waals surface area contributed by atoms with Crippen molar-refractivity contribution in [3.05, 3.63) is 0 Å². The Kier molecular flexibility index (Phi) is 23.0. The fourth-order valence-electron chi connectivity index (χ4n) is 3.82. The van der Waals surface area contributed by atoms with Crippen LogP contribution in [0, 0.1) is 0 Å². The fourth-order valence-corrected chi connectivity index (χ4v) is 7.28. The minimum absolute atomic E-state index is 0. The molecule has 0 heterocycles. The monoisotopic (exact) mass is 467 g/mol. The van der Waals surface area contributed by atoms with Gasteiger partial charge in [0.15, 0.2) is 0 Å². The second-order valence-corrected chi connectivity index (χ2v) is 11.2. The lowest BCUT2D eigenvalue weighted by atomic mass is 10.2. The smallest absolute Gasteiger partial charge is 0.784 e. The van der Waals surface area contributed by atoms with Crippen molar-refractivity contribution < 1.29 is 29.8 Å². The van der Waals surface area contributed by atoms with Gasteiger partial charge in [-0.05, 0) is 59.3 Å². The predicted molar refractivity (Wildman–Crippen MR) is 128 cm³/mol. The van der Waals surface area contributed by atoms with E-state index in [2.05, 4.69) is 41.5 Å². The number of rotatable bonds is 19. The molecule has 0 aliphatic heterocycles. The lowest BCUT2D eigenvalue weighted by Crippen LogP contribution is -3.00. The third kappa shape index (κ3) is 13.0. The summed E-state index contributed by atoms with van der Waals surface area (Å²) >= 11 is 0. The average Bonchev–Trinajstić information content (AvgIpc) is 3.58. The first-order chi connectivity index (χ1) is 14.1. The molecular formula is C24H54ClNO3Si. The van der Waals surface area contributed by atoms with Gasteiger partial charge in [0.25, 0.3) is 0 Å². The Morgan fingerprint density at radius 2 is 0.833 bits per heavy atom. The summed E-state index contributed by atoms with van der Waals surface area (Å²) in [5, 5.41) is 0. The van der Waals surface area contributed by atoms with E-state index in [-0.39, 0.29) is 12.4 Å². The van der Waals surface area contributed by atoms with Gasteiger partial charge < -0.3 is 29.8 Å². The predicted octanol–water partition coefficient (Wildman–Crippen LogP) is 4.09. The van der Waals surface area contributed by atoms with Crippen molar-refractivity contribution in [1.82, 2.24) is 0 Å². The first-order valence-corrected chi connectivity index (χ1v) is 14.6. The van der Waals surface area contributed by atoms with Crippen molar-refractivity contribution in [2.24, 2.45) is 0 Å². The van der Waals surface area contributed by atoms with E-state index in [9.17, 15) is 0 Å². The van der Waals surface area contributed by atoms with Crippen molar-refractivity contribution in [3.63, 3.8) is 0 Å². The number of hydrogen-bond donors (Lipinski definition) is 0. The SMILES string of the molecule is C1CC1.CCCCC[N+](CCCCC)(CCCCC)[Si](OCC)(OCC)OCC.[Cl-]. The Morgan fingerprint density at radius 3 is 1.03 bits per heavy atom. The van der Waals surface area contributed by atoms with Crippen molar-refractivity contribution in [3.8, 4) is 0 Å². The second-order valence-electron chi connectivity index (χ2n) is 8.32. The molecule has 1 aliphatic carbocycles. The first kappa shape index (κ1) is 32.5. The molecule has 6 heteroatoms. The van der Waals surface area contributed by atoms with Crippen LogP contribution in [0.2, 0.25) is 0 Å². The van der Waals surface area contributed by atoms with Gasteiger partial charge in [-0.15, -0.1) is 0 Å². The number of hydrogen-bond acceptors (Lipinski definition) is 3. The van der Waals surface area contributed by atoms with Gasteiger partial charge in [0, 0.05) is 19.8 Å². The molecule has 0 unspecified atom stereocenters. The van der Waals surface area contributed by atoms with Crippen LogP contribution in [0.5, 0.6) is 0 Å². The summed E-state index contributed by atoms with van der Waals surface area (Å²) in [7, 11) is -2.79. The van der Waals surface area contributed by atoms with Gasteiger partial charge in [-0.2, -0.15) is 0 Å². The van der Waals surface area contributed by atoms with E-state index in [0.717, 1.165) is 23.8 Å².